The number of benzene rings is 2. The van der Waals surface area contributed by atoms with Gasteiger partial charge in [0.05, 0.1) is 0 Å². The predicted molar refractivity (Wildman–Crippen MR) is 80.0 cm³/mol. The van der Waals surface area contributed by atoms with E-state index in [2.05, 4.69) is 20.9 Å². The van der Waals surface area contributed by atoms with Crippen molar-refractivity contribution in [3.63, 3.8) is 0 Å². The van der Waals surface area contributed by atoms with E-state index in [4.69, 9.17) is 9.52 Å². The number of alkyl halides is 1. The van der Waals surface area contributed by atoms with E-state index in [1.54, 1.807) is 18.2 Å². The molecule has 1 aromatic rings. The number of aromatic hydroxyl groups is 1. The van der Waals surface area contributed by atoms with Crippen molar-refractivity contribution in [3.8, 4) is 17.2 Å². The van der Waals surface area contributed by atoms with Gasteiger partial charge in [-0.3, -0.25) is 9.59 Å². The number of halogens is 1. The van der Waals surface area contributed by atoms with Crippen LogP contribution in [0, 0.1) is 0 Å². The summed E-state index contributed by atoms with van der Waals surface area (Å²) in [6.45, 7) is 0. The Kier molecular flexibility index (Phi) is 4.54. The molecule has 0 saturated carbocycles. The summed E-state index contributed by atoms with van der Waals surface area (Å²) in [5, 5.41) is 17.0. The summed E-state index contributed by atoms with van der Waals surface area (Å²) in [5.74, 6) is -0.300. The second-order valence-electron chi connectivity index (χ2n) is 4.02. The summed E-state index contributed by atoms with van der Waals surface area (Å²) < 4.78 is 5.49. The number of fused-ring (bicyclic) bond motifs is 2. The molecular weight excluding hydrogens is 342 g/mol. The first-order valence-corrected chi connectivity index (χ1v) is 6.93. The molecule has 1 aliphatic heterocycles. The van der Waals surface area contributed by atoms with Crippen LogP contribution in [0.2, 0.25) is 0 Å². The Morgan fingerprint density at radius 2 is 1.95 bits per heavy atom. The molecule has 0 fully saturated rings. The molecule has 0 atom stereocenters. The van der Waals surface area contributed by atoms with Crippen LogP contribution in [-0.2, 0) is 4.79 Å². The minimum absolute atomic E-state index is 0.0347. The highest BCUT2D eigenvalue weighted by Crippen LogP contribution is 2.25. The highest BCUT2D eigenvalue weighted by molar-refractivity contribution is 9.09. The first-order chi connectivity index (χ1) is 9.99. The quantitative estimate of drug-likeness (QED) is 0.515. The molecule has 1 heterocycles. The number of rotatable bonds is 1. The van der Waals surface area contributed by atoms with E-state index in [0.29, 0.717) is 22.6 Å². The van der Waals surface area contributed by atoms with E-state index in [0.717, 1.165) is 0 Å². The van der Waals surface area contributed by atoms with E-state index in [1.807, 2.05) is 0 Å². The van der Waals surface area contributed by atoms with Crippen LogP contribution in [0.25, 0.3) is 22.6 Å². The monoisotopic (exact) mass is 351 g/mol. The second kappa shape index (κ2) is 6.36. The fraction of sp³-hybridized carbons (Fsp3) is 0.0714. The van der Waals surface area contributed by atoms with Crippen molar-refractivity contribution in [2.45, 2.75) is 0 Å². The summed E-state index contributed by atoms with van der Waals surface area (Å²) >= 11 is 2.71. The Morgan fingerprint density at radius 3 is 2.62 bits per heavy atom. The normalized spacial score (nSPS) is 10.1. The number of carboxylic acids is 1. The van der Waals surface area contributed by atoms with Gasteiger partial charge in [-0.15, -0.1) is 0 Å². The van der Waals surface area contributed by atoms with E-state index in [9.17, 15) is 14.7 Å². The average Bonchev–Trinajstić information content (AvgIpc) is 2.45. The lowest BCUT2D eigenvalue weighted by atomic mass is 10.2. The zero-order valence-corrected chi connectivity index (χ0v) is 12.2. The van der Waals surface area contributed by atoms with Gasteiger partial charge in [0.1, 0.15) is 22.3 Å². The summed E-state index contributed by atoms with van der Waals surface area (Å²) in [5.41, 5.74) is 1.59. The van der Waals surface area contributed by atoms with Gasteiger partial charge in [0.15, 0.2) is 16.8 Å². The van der Waals surface area contributed by atoms with Gasteiger partial charge in [0, 0.05) is 12.1 Å². The lowest BCUT2D eigenvalue weighted by Crippen LogP contribution is -1.99. The van der Waals surface area contributed by atoms with Gasteiger partial charge in [-0.1, -0.05) is 15.9 Å². The topological polar surface area (TPSA) is 101 Å². The molecule has 7 heteroatoms. The molecule has 1 aromatic carbocycles. The summed E-state index contributed by atoms with van der Waals surface area (Å²) in [6.07, 6.45) is 0. The molecule has 6 nitrogen and oxygen atoms in total. The van der Waals surface area contributed by atoms with Crippen LogP contribution < -0.4 is 5.43 Å². The van der Waals surface area contributed by atoms with Crippen molar-refractivity contribution in [2.24, 2.45) is 0 Å². The van der Waals surface area contributed by atoms with Crippen molar-refractivity contribution in [1.82, 2.24) is 4.98 Å². The molecule has 0 amide bonds. The third kappa shape index (κ3) is 3.79. The van der Waals surface area contributed by atoms with Gasteiger partial charge in [0.2, 0.25) is 0 Å². The molecule has 2 aliphatic rings. The Hall–Kier alpha value is -2.41. The van der Waals surface area contributed by atoms with Crippen LogP contribution in [-0.4, -0.2) is 26.5 Å². The van der Waals surface area contributed by atoms with Gasteiger partial charge in [-0.2, -0.15) is 0 Å². The third-order valence-corrected chi connectivity index (χ3v) is 2.93. The molecule has 21 heavy (non-hydrogen) atoms. The van der Waals surface area contributed by atoms with E-state index < -0.39 is 5.97 Å². The molecule has 0 unspecified atom stereocenters. The number of phenolic OH excluding ortho intramolecular Hbond substituents is 1. The van der Waals surface area contributed by atoms with Crippen molar-refractivity contribution < 1.29 is 19.4 Å². The Bertz CT molecular complexity index is 814. The van der Waals surface area contributed by atoms with Crippen LogP contribution in [0.1, 0.15) is 0 Å². The zero-order valence-electron chi connectivity index (χ0n) is 10.6. The van der Waals surface area contributed by atoms with E-state index in [1.165, 1.54) is 18.2 Å². The standard InChI is InChI=1S/C12H7NO3.C2H3BrO2/c14-7-1-3-9-11(5-7)16-12-6-8(15)2-4-10(12)13-9;3-1-2(4)5/h1-6,14H;1H2,(H,4,5). The van der Waals surface area contributed by atoms with Crippen LogP contribution in [0.3, 0.4) is 0 Å². The number of aromatic nitrogens is 1. The molecular formula is C14H10BrNO5. The van der Waals surface area contributed by atoms with Crippen molar-refractivity contribution in [3.05, 3.63) is 46.6 Å². The van der Waals surface area contributed by atoms with Gasteiger partial charge >= 0.3 is 5.97 Å². The molecule has 1 aliphatic carbocycles. The maximum atomic E-state index is 11.1. The Morgan fingerprint density at radius 1 is 1.24 bits per heavy atom. The average molecular weight is 352 g/mol. The summed E-state index contributed by atoms with van der Waals surface area (Å²) in [7, 11) is 0. The Labute approximate surface area is 127 Å². The summed E-state index contributed by atoms with van der Waals surface area (Å²) in [6, 6.07) is 9.12. The number of carboxylic acid groups (broad SMARTS) is 1. The maximum Gasteiger partial charge on any atom is 0.314 e. The molecule has 3 rings (SSSR count). The number of phenols is 1. The smallest absolute Gasteiger partial charge is 0.314 e. The number of hydrogen-bond donors (Lipinski definition) is 2. The van der Waals surface area contributed by atoms with Crippen LogP contribution >= 0.6 is 15.9 Å². The lowest BCUT2D eigenvalue weighted by molar-refractivity contribution is -0.133. The first kappa shape index (κ1) is 15.0. The number of aliphatic carboxylic acids is 1. The summed E-state index contributed by atoms with van der Waals surface area (Å²) in [4.78, 5) is 24.8. The van der Waals surface area contributed by atoms with Crippen molar-refractivity contribution in [1.29, 1.82) is 0 Å². The maximum absolute atomic E-state index is 11.1. The largest absolute Gasteiger partial charge is 0.508 e. The second-order valence-corrected chi connectivity index (χ2v) is 4.58. The molecule has 0 bridgehead atoms. The first-order valence-electron chi connectivity index (χ1n) is 5.81. The molecule has 0 spiro atoms. The number of carbonyl (C=O) groups is 1. The van der Waals surface area contributed by atoms with Crippen molar-refractivity contribution in [2.75, 3.05) is 5.33 Å². The molecule has 0 aromatic heterocycles. The number of hydrogen-bond acceptors (Lipinski definition) is 5. The molecule has 108 valence electrons. The van der Waals surface area contributed by atoms with E-state index in [-0.39, 0.29) is 16.5 Å². The third-order valence-electron chi connectivity index (χ3n) is 2.45. The SMILES string of the molecule is O=C(O)CBr.O=c1ccc2nc3ccc(O)cc3oc-2c1. The lowest BCUT2D eigenvalue weighted by Gasteiger charge is -2.05. The molecule has 0 saturated heterocycles. The number of nitrogens with zero attached hydrogens (tertiary/aromatic N) is 1. The van der Waals surface area contributed by atoms with Crippen LogP contribution in [0.5, 0.6) is 5.75 Å². The van der Waals surface area contributed by atoms with Crippen molar-refractivity contribution >= 4 is 33.0 Å². The highest BCUT2D eigenvalue weighted by atomic mass is 79.9. The zero-order chi connectivity index (χ0) is 15.4. The minimum Gasteiger partial charge on any atom is -0.508 e. The van der Waals surface area contributed by atoms with Gasteiger partial charge in [-0.05, 0) is 24.3 Å². The van der Waals surface area contributed by atoms with Crippen LogP contribution in [0.4, 0.5) is 0 Å². The van der Waals surface area contributed by atoms with Gasteiger partial charge < -0.3 is 14.6 Å². The predicted octanol–water partition coefficient (Wildman–Crippen LogP) is 2.46. The highest BCUT2D eigenvalue weighted by Gasteiger charge is 2.09. The molecule has 2 N–H and O–H groups in total. The molecule has 0 radical (unpaired) electrons. The van der Waals surface area contributed by atoms with Gasteiger partial charge in [-0.25, -0.2) is 4.98 Å². The van der Waals surface area contributed by atoms with E-state index >= 15 is 0 Å². The Balaban J connectivity index is 0.000000282. The van der Waals surface area contributed by atoms with Gasteiger partial charge in [0.25, 0.3) is 0 Å². The minimum atomic E-state index is -0.829. The fourth-order valence-electron chi connectivity index (χ4n) is 1.59. The van der Waals surface area contributed by atoms with Crippen LogP contribution in [0.15, 0.2) is 45.6 Å². The fourth-order valence-corrected chi connectivity index (χ4v) is 1.59.